The van der Waals surface area contributed by atoms with Crippen molar-refractivity contribution in [3.8, 4) is 0 Å². The Kier molecular flexibility index (Phi) is 3.31. The summed E-state index contributed by atoms with van der Waals surface area (Å²) in [5.41, 5.74) is 6.02. The third-order valence-corrected chi connectivity index (χ3v) is 5.71. The molecule has 1 N–H and O–H groups in total. The van der Waals surface area contributed by atoms with Gasteiger partial charge in [-0.1, -0.05) is 54.2 Å². The van der Waals surface area contributed by atoms with Crippen LogP contribution < -0.4 is 5.43 Å². The fourth-order valence-electron chi connectivity index (χ4n) is 3.36. The van der Waals surface area contributed by atoms with Crippen LogP contribution in [0.1, 0.15) is 22.5 Å². The molecule has 0 spiro atoms. The van der Waals surface area contributed by atoms with Crippen molar-refractivity contribution in [2.24, 2.45) is 7.05 Å². The van der Waals surface area contributed by atoms with Crippen molar-refractivity contribution in [1.82, 2.24) is 19.4 Å². The van der Waals surface area contributed by atoms with Crippen LogP contribution in [0.4, 0.5) is 0 Å². The van der Waals surface area contributed by atoms with E-state index in [-0.39, 0.29) is 5.37 Å². The minimum Gasteiger partial charge on any atom is -0.352 e. The summed E-state index contributed by atoms with van der Waals surface area (Å²) < 4.78 is 4.17. The molecule has 25 heavy (non-hydrogen) atoms. The third kappa shape index (κ3) is 2.41. The van der Waals surface area contributed by atoms with Crippen molar-refractivity contribution >= 4 is 22.5 Å². The molecule has 124 valence electrons. The molecule has 1 atom stereocenters. The first-order chi connectivity index (χ1) is 12.3. The van der Waals surface area contributed by atoms with E-state index in [1.54, 1.807) is 11.8 Å². The molecule has 5 nitrogen and oxygen atoms in total. The minimum atomic E-state index is 0.164. The maximum absolute atomic E-state index is 4.40. The number of hydrogen-bond acceptors (Lipinski definition) is 4. The first-order valence-corrected chi connectivity index (χ1v) is 9.13. The van der Waals surface area contributed by atoms with Crippen molar-refractivity contribution in [2.75, 3.05) is 5.43 Å². The molecular formula is C19H17N5S. The highest BCUT2D eigenvalue weighted by Crippen LogP contribution is 2.38. The summed E-state index contributed by atoms with van der Waals surface area (Å²) in [5.74, 6) is 0.940. The van der Waals surface area contributed by atoms with Crippen LogP contribution in [0, 0.1) is 0 Å². The average Bonchev–Trinajstić information content (AvgIpc) is 3.32. The summed E-state index contributed by atoms with van der Waals surface area (Å²) in [5, 5.41) is 12.4. The molecule has 0 saturated carbocycles. The largest absolute Gasteiger partial charge is 0.352 e. The lowest BCUT2D eigenvalue weighted by atomic mass is 10.0. The van der Waals surface area contributed by atoms with E-state index in [4.69, 9.17) is 0 Å². The zero-order valence-corrected chi connectivity index (χ0v) is 14.6. The normalized spacial score (nSPS) is 16.1. The molecule has 0 radical (unpaired) electrons. The number of fused-ring (bicyclic) bond motifs is 2. The Labute approximate surface area is 149 Å². The Hall–Kier alpha value is -2.73. The summed E-state index contributed by atoms with van der Waals surface area (Å²) >= 11 is 1.70. The van der Waals surface area contributed by atoms with Gasteiger partial charge < -0.3 is 9.99 Å². The molecule has 2 aromatic heterocycles. The van der Waals surface area contributed by atoms with E-state index in [9.17, 15) is 0 Å². The quantitative estimate of drug-likeness (QED) is 0.614. The van der Waals surface area contributed by atoms with Crippen LogP contribution in [0.15, 0.2) is 66.0 Å². The fourth-order valence-corrected chi connectivity index (χ4v) is 4.45. The Morgan fingerprint density at radius 1 is 1.04 bits per heavy atom. The van der Waals surface area contributed by atoms with E-state index >= 15 is 0 Å². The van der Waals surface area contributed by atoms with Crippen LogP contribution >= 0.6 is 11.8 Å². The van der Waals surface area contributed by atoms with E-state index in [1.807, 2.05) is 4.68 Å². The Morgan fingerprint density at radius 3 is 2.80 bits per heavy atom. The molecule has 0 bridgehead atoms. The van der Waals surface area contributed by atoms with Crippen LogP contribution in [0.25, 0.3) is 10.8 Å². The zero-order valence-electron chi connectivity index (χ0n) is 13.8. The summed E-state index contributed by atoms with van der Waals surface area (Å²) in [7, 11) is 2.06. The molecule has 0 aliphatic carbocycles. The zero-order chi connectivity index (χ0) is 16.8. The van der Waals surface area contributed by atoms with Gasteiger partial charge in [-0.2, -0.15) is 0 Å². The van der Waals surface area contributed by atoms with Crippen molar-refractivity contribution in [3.63, 3.8) is 0 Å². The Bertz CT molecular complexity index is 1060. The maximum atomic E-state index is 4.40. The van der Waals surface area contributed by atoms with Crippen molar-refractivity contribution in [2.45, 2.75) is 17.0 Å². The van der Waals surface area contributed by atoms with E-state index in [2.05, 4.69) is 88.0 Å². The molecule has 5 rings (SSSR count). The van der Waals surface area contributed by atoms with Gasteiger partial charge in [-0.15, -0.1) is 10.2 Å². The molecule has 2 aromatic carbocycles. The van der Waals surface area contributed by atoms with Gasteiger partial charge in [-0.3, -0.25) is 0 Å². The van der Waals surface area contributed by atoms with Crippen LogP contribution in [0.2, 0.25) is 0 Å². The minimum absolute atomic E-state index is 0.164. The van der Waals surface area contributed by atoms with Gasteiger partial charge in [0.2, 0.25) is 5.16 Å². The summed E-state index contributed by atoms with van der Waals surface area (Å²) in [6.07, 6.45) is 2.82. The van der Waals surface area contributed by atoms with E-state index in [1.165, 1.54) is 22.0 Å². The lowest BCUT2D eigenvalue weighted by Crippen LogP contribution is -2.17. The molecule has 0 amide bonds. The van der Waals surface area contributed by atoms with Gasteiger partial charge in [-0.05, 0) is 28.5 Å². The van der Waals surface area contributed by atoms with Gasteiger partial charge in [0.15, 0.2) is 5.82 Å². The van der Waals surface area contributed by atoms with Gasteiger partial charge in [0, 0.05) is 19.7 Å². The van der Waals surface area contributed by atoms with Crippen molar-refractivity contribution < 1.29 is 0 Å². The van der Waals surface area contributed by atoms with Crippen LogP contribution in [0.3, 0.4) is 0 Å². The second-order valence-corrected chi connectivity index (χ2v) is 7.29. The van der Waals surface area contributed by atoms with Crippen molar-refractivity contribution in [1.29, 1.82) is 0 Å². The highest BCUT2D eigenvalue weighted by molar-refractivity contribution is 7.99. The second kappa shape index (κ2) is 5.67. The molecule has 0 fully saturated rings. The molecule has 4 aromatic rings. The molecular weight excluding hydrogens is 330 g/mol. The van der Waals surface area contributed by atoms with E-state index in [0.29, 0.717) is 0 Å². The van der Waals surface area contributed by atoms with E-state index in [0.717, 1.165) is 17.4 Å². The van der Waals surface area contributed by atoms with Gasteiger partial charge >= 0.3 is 0 Å². The Morgan fingerprint density at radius 2 is 1.92 bits per heavy atom. The van der Waals surface area contributed by atoms with Gasteiger partial charge in [0.1, 0.15) is 5.37 Å². The number of rotatable bonds is 3. The standard InChI is InChI=1S/C19H17N5S/c1-23-11-5-10-16(23)18-22-24-17(20-21-19(24)25-18)12-14-8-4-7-13-6-2-3-9-15(13)14/h2-11,18,22H,12H2,1H3. The summed E-state index contributed by atoms with van der Waals surface area (Å²) in [6.45, 7) is 0. The number of hydrogen-bond donors (Lipinski definition) is 1. The number of nitrogens with zero attached hydrogens (tertiary/aromatic N) is 4. The molecule has 1 aliphatic heterocycles. The topological polar surface area (TPSA) is 47.7 Å². The van der Waals surface area contributed by atoms with Gasteiger partial charge in [0.05, 0.1) is 5.69 Å². The smallest absolute Gasteiger partial charge is 0.212 e. The number of nitrogens with one attached hydrogen (secondary N) is 1. The predicted molar refractivity (Wildman–Crippen MR) is 100 cm³/mol. The highest BCUT2D eigenvalue weighted by Gasteiger charge is 2.28. The first kappa shape index (κ1) is 14.6. The summed E-state index contributed by atoms with van der Waals surface area (Å²) in [6, 6.07) is 19.1. The SMILES string of the molecule is Cn1cccc1C1Nn2c(Cc3cccc4ccccc34)nnc2S1. The number of thioether (sulfide) groups is 1. The van der Waals surface area contributed by atoms with Crippen LogP contribution in [-0.4, -0.2) is 19.4 Å². The number of aryl methyl sites for hydroxylation is 1. The predicted octanol–water partition coefficient (Wildman–Crippen LogP) is 3.71. The first-order valence-electron chi connectivity index (χ1n) is 8.25. The lowest BCUT2D eigenvalue weighted by molar-refractivity contribution is 0.722. The van der Waals surface area contributed by atoms with Crippen LogP contribution in [0.5, 0.6) is 0 Å². The molecule has 3 heterocycles. The molecule has 6 heteroatoms. The average molecular weight is 347 g/mol. The maximum Gasteiger partial charge on any atom is 0.212 e. The fraction of sp³-hybridized carbons (Fsp3) is 0.158. The van der Waals surface area contributed by atoms with Gasteiger partial charge in [-0.25, -0.2) is 4.68 Å². The third-order valence-electron chi connectivity index (χ3n) is 4.65. The van der Waals surface area contributed by atoms with Crippen LogP contribution in [-0.2, 0) is 13.5 Å². The monoisotopic (exact) mass is 347 g/mol. The highest BCUT2D eigenvalue weighted by atomic mass is 32.2. The number of aromatic nitrogens is 4. The van der Waals surface area contributed by atoms with E-state index < -0.39 is 0 Å². The molecule has 0 saturated heterocycles. The number of benzene rings is 2. The molecule has 1 aliphatic rings. The van der Waals surface area contributed by atoms with Gasteiger partial charge in [0.25, 0.3) is 0 Å². The van der Waals surface area contributed by atoms with Crippen molar-refractivity contribution in [3.05, 3.63) is 77.9 Å². The molecule has 1 unspecified atom stereocenters. The second-order valence-electron chi connectivity index (χ2n) is 6.22. The summed E-state index contributed by atoms with van der Waals surface area (Å²) in [4.78, 5) is 0. The lowest BCUT2D eigenvalue weighted by Gasteiger charge is -2.13. The Balaban J connectivity index is 1.47.